The zero-order valence-corrected chi connectivity index (χ0v) is 12.6. The molecule has 1 atom stereocenters. The lowest BCUT2D eigenvalue weighted by molar-refractivity contribution is 0.410. The quantitative estimate of drug-likeness (QED) is 0.658. The molecule has 0 aliphatic heterocycles. The van der Waals surface area contributed by atoms with Crippen LogP contribution < -0.4 is 4.74 Å². The summed E-state index contributed by atoms with van der Waals surface area (Å²) in [6, 6.07) is 2.18. The van der Waals surface area contributed by atoms with Crippen LogP contribution in [0, 0.1) is 20.8 Å². The molecule has 0 bridgehead atoms. The van der Waals surface area contributed by atoms with Crippen LogP contribution in [0.25, 0.3) is 0 Å². The Balaban J connectivity index is 3.26. The zero-order chi connectivity index (χ0) is 13.7. The highest BCUT2D eigenvalue weighted by atomic mass is 16.5. The van der Waals surface area contributed by atoms with Crippen molar-refractivity contribution >= 4 is 0 Å². The minimum Gasteiger partial charge on any atom is -0.496 e. The number of ether oxygens (including phenoxy) is 1. The normalized spacial score (nSPS) is 13.0. The molecular formula is C17H26O. The van der Waals surface area contributed by atoms with Crippen molar-refractivity contribution in [1.29, 1.82) is 0 Å². The van der Waals surface area contributed by atoms with Gasteiger partial charge in [-0.15, -0.1) is 0 Å². The van der Waals surface area contributed by atoms with Gasteiger partial charge in [0.05, 0.1) is 7.11 Å². The Labute approximate surface area is 112 Å². The van der Waals surface area contributed by atoms with Crippen molar-refractivity contribution in [3.63, 3.8) is 0 Å². The number of hydrogen-bond donors (Lipinski definition) is 0. The maximum Gasteiger partial charge on any atom is 0.122 e. The summed E-state index contributed by atoms with van der Waals surface area (Å²) in [4.78, 5) is 0. The van der Waals surface area contributed by atoms with Crippen molar-refractivity contribution < 1.29 is 4.74 Å². The van der Waals surface area contributed by atoms with Crippen molar-refractivity contribution in [3.8, 4) is 5.75 Å². The Hall–Kier alpha value is -1.24. The lowest BCUT2D eigenvalue weighted by Gasteiger charge is -2.22. The van der Waals surface area contributed by atoms with Gasteiger partial charge in [0.25, 0.3) is 0 Å². The smallest absolute Gasteiger partial charge is 0.122 e. The SMILES string of the molecule is C/C=C\CC(CC)c1c(C)cc(OC)c(C)c1C. The number of methoxy groups -OCH3 is 1. The van der Waals surface area contributed by atoms with E-state index in [4.69, 9.17) is 4.74 Å². The summed E-state index contributed by atoms with van der Waals surface area (Å²) in [6.07, 6.45) is 6.72. The summed E-state index contributed by atoms with van der Waals surface area (Å²) in [5.74, 6) is 1.63. The van der Waals surface area contributed by atoms with Gasteiger partial charge in [-0.2, -0.15) is 0 Å². The summed E-state index contributed by atoms with van der Waals surface area (Å²) >= 11 is 0. The van der Waals surface area contributed by atoms with Gasteiger partial charge in [-0.05, 0) is 74.8 Å². The van der Waals surface area contributed by atoms with E-state index in [2.05, 4.69) is 52.8 Å². The standard InChI is InChI=1S/C17H26O/c1-7-9-10-15(8-2)17-12(3)11-16(18-6)13(4)14(17)5/h7,9,11,15H,8,10H2,1-6H3/b9-7-. The Morgan fingerprint density at radius 3 is 2.39 bits per heavy atom. The third kappa shape index (κ3) is 2.95. The van der Waals surface area contributed by atoms with Crippen LogP contribution in [0.1, 0.15) is 54.9 Å². The predicted octanol–water partition coefficient (Wildman–Crippen LogP) is 5.08. The fourth-order valence-electron chi connectivity index (χ4n) is 2.69. The number of allylic oxidation sites excluding steroid dienone is 2. The summed E-state index contributed by atoms with van der Waals surface area (Å²) in [5.41, 5.74) is 5.53. The fraction of sp³-hybridized carbons (Fsp3) is 0.529. The molecule has 1 nitrogen and oxygen atoms in total. The van der Waals surface area contributed by atoms with E-state index >= 15 is 0 Å². The first-order valence-electron chi connectivity index (χ1n) is 6.82. The summed E-state index contributed by atoms with van der Waals surface area (Å²) in [5, 5.41) is 0. The predicted molar refractivity (Wildman–Crippen MR) is 79.7 cm³/mol. The van der Waals surface area contributed by atoms with Crippen LogP contribution in [-0.4, -0.2) is 7.11 Å². The second-order valence-electron chi connectivity index (χ2n) is 4.97. The molecule has 1 rings (SSSR count). The minimum absolute atomic E-state index is 0.616. The second-order valence-corrected chi connectivity index (χ2v) is 4.97. The molecule has 0 fully saturated rings. The maximum atomic E-state index is 5.44. The molecule has 0 N–H and O–H groups in total. The van der Waals surface area contributed by atoms with Gasteiger partial charge < -0.3 is 4.74 Å². The first-order valence-corrected chi connectivity index (χ1v) is 6.82. The first kappa shape index (κ1) is 14.8. The van der Waals surface area contributed by atoms with E-state index in [-0.39, 0.29) is 0 Å². The molecule has 0 saturated heterocycles. The summed E-state index contributed by atoms with van der Waals surface area (Å²) < 4.78 is 5.44. The van der Waals surface area contributed by atoms with Gasteiger partial charge in [0.1, 0.15) is 5.75 Å². The van der Waals surface area contributed by atoms with Gasteiger partial charge in [-0.1, -0.05) is 19.1 Å². The van der Waals surface area contributed by atoms with Gasteiger partial charge in [0.2, 0.25) is 0 Å². The van der Waals surface area contributed by atoms with E-state index in [1.54, 1.807) is 7.11 Å². The van der Waals surface area contributed by atoms with Crippen molar-refractivity contribution in [2.75, 3.05) is 7.11 Å². The lowest BCUT2D eigenvalue weighted by atomic mass is 9.84. The van der Waals surface area contributed by atoms with Crippen molar-refractivity contribution in [2.24, 2.45) is 0 Å². The Morgan fingerprint density at radius 1 is 1.22 bits per heavy atom. The number of benzene rings is 1. The lowest BCUT2D eigenvalue weighted by Crippen LogP contribution is -2.05. The third-order valence-electron chi connectivity index (χ3n) is 3.89. The first-order chi connectivity index (χ1) is 8.56. The van der Waals surface area contributed by atoms with Crippen LogP contribution in [0.3, 0.4) is 0 Å². The Morgan fingerprint density at radius 2 is 1.89 bits per heavy atom. The van der Waals surface area contributed by atoms with Crippen LogP contribution in [0.5, 0.6) is 5.75 Å². The van der Waals surface area contributed by atoms with Crippen LogP contribution in [0.4, 0.5) is 0 Å². The Kier molecular flexibility index (Phi) is 5.46. The third-order valence-corrected chi connectivity index (χ3v) is 3.89. The monoisotopic (exact) mass is 246 g/mol. The largest absolute Gasteiger partial charge is 0.496 e. The molecule has 1 aromatic carbocycles. The average molecular weight is 246 g/mol. The zero-order valence-electron chi connectivity index (χ0n) is 12.6. The highest BCUT2D eigenvalue weighted by molar-refractivity contribution is 5.49. The van der Waals surface area contributed by atoms with Crippen LogP contribution in [0.2, 0.25) is 0 Å². The van der Waals surface area contributed by atoms with E-state index in [9.17, 15) is 0 Å². The molecule has 0 aromatic heterocycles. The average Bonchev–Trinajstić information content (AvgIpc) is 2.37. The number of aryl methyl sites for hydroxylation is 1. The van der Waals surface area contributed by atoms with Gasteiger partial charge >= 0.3 is 0 Å². The highest BCUT2D eigenvalue weighted by Gasteiger charge is 2.17. The van der Waals surface area contributed by atoms with Crippen molar-refractivity contribution in [2.45, 2.75) is 53.4 Å². The van der Waals surface area contributed by atoms with Gasteiger partial charge in [0, 0.05) is 0 Å². The molecule has 0 heterocycles. The molecule has 18 heavy (non-hydrogen) atoms. The highest BCUT2D eigenvalue weighted by Crippen LogP contribution is 2.35. The van der Waals surface area contributed by atoms with Gasteiger partial charge in [-0.25, -0.2) is 0 Å². The number of rotatable bonds is 5. The molecule has 1 heteroatoms. The topological polar surface area (TPSA) is 9.23 Å². The molecule has 1 unspecified atom stereocenters. The van der Waals surface area contributed by atoms with Crippen LogP contribution >= 0.6 is 0 Å². The van der Waals surface area contributed by atoms with Crippen molar-refractivity contribution in [1.82, 2.24) is 0 Å². The van der Waals surface area contributed by atoms with Crippen LogP contribution in [-0.2, 0) is 0 Å². The van der Waals surface area contributed by atoms with E-state index in [0.717, 1.165) is 12.2 Å². The maximum absolute atomic E-state index is 5.44. The molecule has 0 radical (unpaired) electrons. The van der Waals surface area contributed by atoms with E-state index < -0.39 is 0 Å². The molecule has 0 aliphatic rings. The molecule has 0 aliphatic carbocycles. The molecule has 0 spiro atoms. The van der Waals surface area contributed by atoms with E-state index in [1.807, 2.05) is 0 Å². The number of hydrogen-bond acceptors (Lipinski definition) is 1. The van der Waals surface area contributed by atoms with Crippen LogP contribution in [0.15, 0.2) is 18.2 Å². The van der Waals surface area contributed by atoms with Gasteiger partial charge in [0.15, 0.2) is 0 Å². The second kappa shape index (κ2) is 6.63. The Bertz CT molecular complexity index is 430. The van der Waals surface area contributed by atoms with E-state index in [1.165, 1.54) is 28.7 Å². The molecule has 100 valence electrons. The summed E-state index contributed by atoms with van der Waals surface area (Å²) in [7, 11) is 1.75. The van der Waals surface area contributed by atoms with Crippen molar-refractivity contribution in [3.05, 3.63) is 40.5 Å². The van der Waals surface area contributed by atoms with E-state index in [0.29, 0.717) is 5.92 Å². The molecule has 1 aromatic rings. The molecule has 0 amide bonds. The minimum atomic E-state index is 0.616. The summed E-state index contributed by atoms with van der Waals surface area (Å²) in [6.45, 7) is 10.9. The van der Waals surface area contributed by atoms with Gasteiger partial charge in [-0.3, -0.25) is 0 Å². The molecule has 0 saturated carbocycles. The fourth-order valence-corrected chi connectivity index (χ4v) is 2.69. The molecular weight excluding hydrogens is 220 g/mol.